The third-order valence-corrected chi connectivity index (χ3v) is 2.09. The van der Waals surface area contributed by atoms with Crippen molar-refractivity contribution in [3.05, 3.63) is 0 Å². The van der Waals surface area contributed by atoms with Crippen LogP contribution in [0, 0.1) is 12.3 Å². The lowest BCUT2D eigenvalue weighted by atomic mass is 10.2. The number of hydrogen-bond donors (Lipinski definition) is 0. The summed E-state index contributed by atoms with van der Waals surface area (Å²) in [4.78, 5) is 12.4. The van der Waals surface area contributed by atoms with Gasteiger partial charge in [0.25, 0.3) is 0 Å². The summed E-state index contributed by atoms with van der Waals surface area (Å²) in [6.45, 7) is 2.12. The minimum Gasteiger partial charge on any atom is -0.303 e. The Morgan fingerprint density at radius 2 is 2.18 bits per heavy atom. The number of aldehydes is 1. The molecule has 1 fully saturated rings. The zero-order valence-electron chi connectivity index (χ0n) is 6.62. The topological polar surface area (TPSA) is 20.3 Å². The third kappa shape index (κ3) is 2.06. The summed E-state index contributed by atoms with van der Waals surface area (Å²) < 4.78 is 0. The van der Waals surface area contributed by atoms with Gasteiger partial charge in [-0.2, -0.15) is 0 Å². The molecule has 0 N–H and O–H groups in total. The molecule has 2 heteroatoms. The lowest BCUT2D eigenvalue weighted by molar-refractivity contribution is -0.108. The highest BCUT2D eigenvalue weighted by Crippen LogP contribution is 2.12. The van der Waals surface area contributed by atoms with Gasteiger partial charge in [0, 0.05) is 6.42 Å². The summed E-state index contributed by atoms with van der Waals surface area (Å²) in [5, 5.41) is 0. The molecule has 0 amide bonds. The van der Waals surface area contributed by atoms with E-state index in [-0.39, 0.29) is 6.04 Å². The minimum absolute atomic E-state index is 0.0509. The molecule has 0 aromatic rings. The Balaban J connectivity index is 2.41. The van der Waals surface area contributed by atoms with Crippen LogP contribution < -0.4 is 0 Å². The molecule has 0 saturated carbocycles. The number of carbonyl (C=O) groups is 1. The number of nitrogens with zero attached hydrogens (tertiary/aromatic N) is 1. The maximum absolute atomic E-state index is 10.2. The van der Waals surface area contributed by atoms with E-state index in [1.807, 2.05) is 0 Å². The van der Waals surface area contributed by atoms with Gasteiger partial charge in [-0.15, -0.1) is 6.42 Å². The Morgan fingerprint density at radius 3 is 2.64 bits per heavy atom. The van der Waals surface area contributed by atoms with Crippen molar-refractivity contribution < 1.29 is 4.79 Å². The molecule has 0 bridgehead atoms. The van der Waals surface area contributed by atoms with Gasteiger partial charge in [-0.3, -0.25) is 4.90 Å². The average molecular weight is 151 g/mol. The Kier molecular flexibility index (Phi) is 3.13. The first-order valence-electron chi connectivity index (χ1n) is 4.02. The molecular weight excluding hydrogens is 138 g/mol. The molecule has 0 radical (unpaired) electrons. The molecule has 1 aliphatic heterocycles. The summed E-state index contributed by atoms with van der Waals surface area (Å²) >= 11 is 0. The van der Waals surface area contributed by atoms with Crippen molar-refractivity contribution in [1.82, 2.24) is 4.90 Å². The molecule has 0 spiro atoms. The Hall–Kier alpha value is -0.810. The van der Waals surface area contributed by atoms with E-state index in [2.05, 4.69) is 10.8 Å². The minimum atomic E-state index is 0.0509. The maximum atomic E-state index is 10.2. The number of carbonyl (C=O) groups excluding carboxylic acids is 1. The van der Waals surface area contributed by atoms with Gasteiger partial charge in [-0.1, -0.05) is 5.92 Å². The van der Waals surface area contributed by atoms with Crippen molar-refractivity contribution in [2.45, 2.75) is 25.3 Å². The standard InChI is InChI=1S/C9H13NO/c1-2-9(5-8-11)10-6-3-4-7-10/h1,8-9H,3-7H2. The highest BCUT2D eigenvalue weighted by atomic mass is 16.1. The molecule has 0 aliphatic carbocycles. The fourth-order valence-electron chi connectivity index (χ4n) is 1.47. The van der Waals surface area contributed by atoms with Crippen LogP contribution in [0.25, 0.3) is 0 Å². The van der Waals surface area contributed by atoms with E-state index in [1.54, 1.807) is 0 Å². The molecule has 1 atom stereocenters. The van der Waals surface area contributed by atoms with Gasteiger partial charge in [-0.05, 0) is 25.9 Å². The van der Waals surface area contributed by atoms with Gasteiger partial charge in [0.1, 0.15) is 6.29 Å². The van der Waals surface area contributed by atoms with Crippen molar-refractivity contribution in [2.24, 2.45) is 0 Å². The largest absolute Gasteiger partial charge is 0.303 e. The van der Waals surface area contributed by atoms with Crippen LogP contribution in [0.15, 0.2) is 0 Å². The SMILES string of the molecule is C#CC(CC=O)N1CCCC1. The van der Waals surface area contributed by atoms with Crippen LogP contribution >= 0.6 is 0 Å². The quantitative estimate of drug-likeness (QED) is 0.436. The first-order chi connectivity index (χ1) is 5.38. The lowest BCUT2D eigenvalue weighted by Crippen LogP contribution is -2.31. The van der Waals surface area contributed by atoms with Crippen LogP contribution in [0.1, 0.15) is 19.3 Å². The van der Waals surface area contributed by atoms with Crippen LogP contribution in [0.4, 0.5) is 0 Å². The monoisotopic (exact) mass is 151 g/mol. The molecule has 11 heavy (non-hydrogen) atoms. The van der Waals surface area contributed by atoms with Crippen molar-refractivity contribution in [3.8, 4) is 12.3 Å². The zero-order chi connectivity index (χ0) is 8.10. The molecule has 1 unspecified atom stereocenters. The molecule has 1 heterocycles. The maximum Gasteiger partial charge on any atom is 0.122 e. The summed E-state index contributed by atoms with van der Waals surface area (Å²) in [6, 6.07) is 0.0509. The second-order valence-corrected chi connectivity index (χ2v) is 2.83. The zero-order valence-corrected chi connectivity index (χ0v) is 6.62. The summed E-state index contributed by atoms with van der Waals surface area (Å²) in [5.74, 6) is 2.64. The highest BCUT2D eigenvalue weighted by molar-refractivity contribution is 5.51. The second-order valence-electron chi connectivity index (χ2n) is 2.83. The van der Waals surface area contributed by atoms with Crippen molar-refractivity contribution in [3.63, 3.8) is 0 Å². The van der Waals surface area contributed by atoms with Gasteiger partial charge < -0.3 is 4.79 Å². The van der Waals surface area contributed by atoms with Crippen LogP contribution in [0.2, 0.25) is 0 Å². The van der Waals surface area contributed by atoms with E-state index in [9.17, 15) is 4.79 Å². The first-order valence-corrected chi connectivity index (χ1v) is 4.02. The van der Waals surface area contributed by atoms with Crippen LogP contribution in [0.3, 0.4) is 0 Å². The van der Waals surface area contributed by atoms with Gasteiger partial charge >= 0.3 is 0 Å². The fourth-order valence-corrected chi connectivity index (χ4v) is 1.47. The van der Waals surface area contributed by atoms with Crippen LogP contribution in [-0.2, 0) is 4.79 Å². The first kappa shape index (κ1) is 8.29. The molecule has 60 valence electrons. The van der Waals surface area contributed by atoms with E-state index in [0.717, 1.165) is 19.4 Å². The second kappa shape index (κ2) is 4.15. The van der Waals surface area contributed by atoms with Crippen molar-refractivity contribution >= 4 is 6.29 Å². The molecule has 1 aliphatic rings. The normalized spacial score (nSPS) is 21.0. The summed E-state index contributed by atoms with van der Waals surface area (Å²) in [6.07, 6.45) is 9.11. The summed E-state index contributed by atoms with van der Waals surface area (Å²) in [7, 11) is 0. The van der Waals surface area contributed by atoms with Crippen molar-refractivity contribution in [2.75, 3.05) is 13.1 Å². The Morgan fingerprint density at radius 1 is 1.55 bits per heavy atom. The van der Waals surface area contributed by atoms with Crippen LogP contribution in [0.5, 0.6) is 0 Å². The number of rotatable bonds is 3. The van der Waals surface area contributed by atoms with Crippen molar-refractivity contribution in [1.29, 1.82) is 0 Å². The lowest BCUT2D eigenvalue weighted by Gasteiger charge is -2.20. The number of hydrogen-bond acceptors (Lipinski definition) is 2. The molecule has 1 rings (SSSR count). The molecular formula is C9H13NO. The summed E-state index contributed by atoms with van der Waals surface area (Å²) in [5.41, 5.74) is 0. The number of terminal acetylenes is 1. The Labute approximate surface area is 67.6 Å². The van der Waals surface area contributed by atoms with Gasteiger partial charge in [0.05, 0.1) is 6.04 Å². The van der Waals surface area contributed by atoms with Gasteiger partial charge in [0.2, 0.25) is 0 Å². The number of likely N-dealkylation sites (tertiary alicyclic amines) is 1. The Bertz CT molecular complexity index is 165. The van der Waals surface area contributed by atoms with Crippen LogP contribution in [-0.4, -0.2) is 30.3 Å². The molecule has 2 nitrogen and oxygen atoms in total. The average Bonchev–Trinajstić information content (AvgIpc) is 2.52. The van der Waals surface area contributed by atoms with E-state index >= 15 is 0 Å². The van der Waals surface area contributed by atoms with E-state index in [0.29, 0.717) is 6.42 Å². The molecule has 0 aromatic heterocycles. The molecule has 1 saturated heterocycles. The van der Waals surface area contributed by atoms with E-state index < -0.39 is 0 Å². The van der Waals surface area contributed by atoms with Gasteiger partial charge in [-0.25, -0.2) is 0 Å². The predicted molar refractivity (Wildman–Crippen MR) is 44.1 cm³/mol. The third-order valence-electron chi connectivity index (χ3n) is 2.09. The fraction of sp³-hybridized carbons (Fsp3) is 0.667. The molecule has 0 aromatic carbocycles. The predicted octanol–water partition coefficient (Wildman–Crippen LogP) is 0.673. The highest BCUT2D eigenvalue weighted by Gasteiger charge is 2.18. The smallest absolute Gasteiger partial charge is 0.122 e. The van der Waals surface area contributed by atoms with E-state index in [1.165, 1.54) is 12.8 Å². The van der Waals surface area contributed by atoms with E-state index in [4.69, 9.17) is 6.42 Å². The van der Waals surface area contributed by atoms with Gasteiger partial charge in [0.15, 0.2) is 0 Å².